The number of fused-ring (bicyclic) bond motifs is 1. The third kappa shape index (κ3) is 4.18. The zero-order valence-electron chi connectivity index (χ0n) is 17.7. The number of carbonyl (C=O) groups excluding carboxylic acids is 1. The molecule has 8 heteroatoms. The van der Waals surface area contributed by atoms with Crippen LogP contribution in [0.2, 0.25) is 0 Å². The van der Waals surface area contributed by atoms with Gasteiger partial charge >= 0.3 is 0 Å². The summed E-state index contributed by atoms with van der Waals surface area (Å²) in [5, 5.41) is 0. The minimum Gasteiger partial charge on any atom is -0.375 e. The molecular weight excluding hydrogens is 368 g/mol. The first-order chi connectivity index (χ1) is 13.9. The number of morpholine rings is 1. The highest BCUT2D eigenvalue weighted by molar-refractivity contribution is 5.76. The van der Waals surface area contributed by atoms with Crippen molar-refractivity contribution in [3.8, 4) is 11.5 Å². The Morgan fingerprint density at radius 2 is 2.07 bits per heavy atom. The largest absolute Gasteiger partial charge is 0.375 e. The Bertz CT molecular complexity index is 864. The maximum Gasteiger partial charge on any atom is 0.224 e. The second-order valence-corrected chi connectivity index (χ2v) is 8.56. The smallest absolute Gasteiger partial charge is 0.224 e. The number of amides is 1. The van der Waals surface area contributed by atoms with Gasteiger partial charge in [0, 0.05) is 63.8 Å². The molecule has 156 valence electrons. The lowest BCUT2D eigenvalue weighted by atomic mass is 10.1. The molecule has 0 radical (unpaired) electrons. The van der Waals surface area contributed by atoms with Gasteiger partial charge in [-0.05, 0) is 12.5 Å². The lowest BCUT2D eigenvalue weighted by molar-refractivity contribution is -0.134. The van der Waals surface area contributed by atoms with Crippen LogP contribution in [0.25, 0.3) is 11.5 Å². The number of nitrogens with zero attached hydrogens (tertiary/aromatic N) is 6. The Hall–Kier alpha value is -2.32. The van der Waals surface area contributed by atoms with Gasteiger partial charge < -0.3 is 14.2 Å². The predicted octanol–water partition coefficient (Wildman–Crippen LogP) is 1.96. The summed E-state index contributed by atoms with van der Waals surface area (Å²) in [6.07, 6.45) is 7.13. The molecule has 2 fully saturated rings. The van der Waals surface area contributed by atoms with Crippen molar-refractivity contribution in [3.63, 3.8) is 0 Å². The van der Waals surface area contributed by atoms with Gasteiger partial charge in [-0.15, -0.1) is 0 Å². The molecule has 8 nitrogen and oxygen atoms in total. The summed E-state index contributed by atoms with van der Waals surface area (Å²) in [7, 11) is 3.58. The van der Waals surface area contributed by atoms with Gasteiger partial charge in [0.05, 0.1) is 19.1 Å². The van der Waals surface area contributed by atoms with Gasteiger partial charge in [0.2, 0.25) is 5.91 Å². The van der Waals surface area contributed by atoms with Crippen LogP contribution < -0.4 is 0 Å². The highest BCUT2D eigenvalue weighted by Crippen LogP contribution is 2.33. The van der Waals surface area contributed by atoms with E-state index in [4.69, 9.17) is 9.72 Å². The second kappa shape index (κ2) is 8.20. The molecule has 1 amide bonds. The number of hydrogen-bond donors (Lipinski definition) is 0. The number of rotatable bonds is 5. The fourth-order valence-corrected chi connectivity index (χ4v) is 4.20. The molecular formula is C21H30N6O2. The van der Waals surface area contributed by atoms with E-state index in [9.17, 15) is 4.79 Å². The fourth-order valence-electron chi connectivity index (χ4n) is 4.20. The SMILES string of the molecule is CC(C)c1nccc(-c2nccn2[C@@H]2C[C@H]3CO[C@@H](CC(=O)N(C)C)CN3C2)n1. The van der Waals surface area contributed by atoms with Crippen molar-refractivity contribution in [2.24, 2.45) is 0 Å². The second-order valence-electron chi connectivity index (χ2n) is 8.56. The van der Waals surface area contributed by atoms with E-state index in [0.717, 1.165) is 36.9 Å². The van der Waals surface area contributed by atoms with E-state index in [1.807, 2.05) is 24.7 Å². The standard InChI is InChI=1S/C21H30N6O2/c1-14(2)20-22-6-5-18(24-20)21-23-7-8-27(21)15-9-16-13-29-17(12-26(16)11-15)10-19(28)25(3)4/h5-8,14-17H,9-13H2,1-4H3/t15-,16+,17+/m1/s1. The predicted molar refractivity (Wildman–Crippen MR) is 109 cm³/mol. The van der Waals surface area contributed by atoms with E-state index in [2.05, 4.69) is 33.3 Å². The number of hydrogen-bond acceptors (Lipinski definition) is 6. The first-order valence-electron chi connectivity index (χ1n) is 10.3. The van der Waals surface area contributed by atoms with Gasteiger partial charge in [0.1, 0.15) is 11.5 Å². The first kappa shape index (κ1) is 20.0. The van der Waals surface area contributed by atoms with Crippen LogP contribution in [0.3, 0.4) is 0 Å². The maximum atomic E-state index is 12.0. The Morgan fingerprint density at radius 1 is 1.24 bits per heavy atom. The van der Waals surface area contributed by atoms with Crippen LogP contribution in [-0.4, -0.2) is 81.2 Å². The van der Waals surface area contributed by atoms with Crippen LogP contribution in [0.5, 0.6) is 0 Å². The highest BCUT2D eigenvalue weighted by atomic mass is 16.5. The molecule has 0 spiro atoms. The fraction of sp³-hybridized carbons (Fsp3) is 0.619. The molecule has 0 saturated carbocycles. The van der Waals surface area contributed by atoms with Crippen LogP contribution in [0.15, 0.2) is 24.7 Å². The normalized spacial score (nSPS) is 24.7. The lowest BCUT2D eigenvalue weighted by Crippen LogP contribution is -2.47. The lowest BCUT2D eigenvalue weighted by Gasteiger charge is -2.35. The van der Waals surface area contributed by atoms with Crippen LogP contribution in [0, 0.1) is 0 Å². The van der Waals surface area contributed by atoms with Crippen molar-refractivity contribution in [2.75, 3.05) is 33.8 Å². The molecule has 0 unspecified atom stereocenters. The first-order valence-corrected chi connectivity index (χ1v) is 10.3. The van der Waals surface area contributed by atoms with Crippen molar-refractivity contribution < 1.29 is 9.53 Å². The summed E-state index contributed by atoms with van der Waals surface area (Å²) in [5.74, 6) is 2.12. The molecule has 0 bridgehead atoms. The van der Waals surface area contributed by atoms with Crippen molar-refractivity contribution >= 4 is 5.91 Å². The maximum absolute atomic E-state index is 12.0. The minimum atomic E-state index is -0.0300. The Balaban J connectivity index is 1.48. The van der Waals surface area contributed by atoms with Crippen LogP contribution in [-0.2, 0) is 9.53 Å². The van der Waals surface area contributed by atoms with E-state index in [-0.39, 0.29) is 17.9 Å². The van der Waals surface area contributed by atoms with Crippen LogP contribution >= 0.6 is 0 Å². The molecule has 2 aromatic heterocycles. The average Bonchev–Trinajstić information content (AvgIpc) is 3.34. The van der Waals surface area contributed by atoms with Crippen molar-refractivity contribution in [1.82, 2.24) is 29.3 Å². The minimum absolute atomic E-state index is 0.0300. The molecule has 29 heavy (non-hydrogen) atoms. The molecule has 0 aliphatic carbocycles. The van der Waals surface area contributed by atoms with E-state index in [0.29, 0.717) is 25.1 Å². The molecule has 0 N–H and O–H groups in total. The molecule has 4 heterocycles. The third-order valence-electron chi connectivity index (χ3n) is 5.85. The number of carbonyl (C=O) groups is 1. The van der Waals surface area contributed by atoms with E-state index in [1.165, 1.54) is 0 Å². The zero-order chi connectivity index (χ0) is 20.5. The molecule has 4 rings (SSSR count). The molecule has 2 aromatic rings. The van der Waals surface area contributed by atoms with Crippen molar-refractivity contribution in [1.29, 1.82) is 0 Å². The van der Waals surface area contributed by atoms with Gasteiger partial charge in [0.25, 0.3) is 0 Å². The van der Waals surface area contributed by atoms with E-state index < -0.39 is 0 Å². The van der Waals surface area contributed by atoms with Gasteiger partial charge in [-0.1, -0.05) is 13.8 Å². The van der Waals surface area contributed by atoms with Gasteiger partial charge in [-0.3, -0.25) is 9.69 Å². The molecule has 2 aliphatic heterocycles. The van der Waals surface area contributed by atoms with Gasteiger partial charge in [-0.25, -0.2) is 15.0 Å². The zero-order valence-corrected chi connectivity index (χ0v) is 17.7. The van der Waals surface area contributed by atoms with E-state index >= 15 is 0 Å². The summed E-state index contributed by atoms with van der Waals surface area (Å²) in [5.41, 5.74) is 0.865. The summed E-state index contributed by atoms with van der Waals surface area (Å²) < 4.78 is 8.24. The number of ether oxygens (including phenoxy) is 1. The summed E-state index contributed by atoms with van der Waals surface area (Å²) >= 11 is 0. The highest BCUT2D eigenvalue weighted by Gasteiger charge is 2.39. The quantitative estimate of drug-likeness (QED) is 0.766. The van der Waals surface area contributed by atoms with Gasteiger partial charge in [-0.2, -0.15) is 0 Å². The summed E-state index contributed by atoms with van der Waals surface area (Å²) in [6, 6.07) is 2.64. The monoisotopic (exact) mass is 398 g/mol. The number of aromatic nitrogens is 4. The van der Waals surface area contributed by atoms with Crippen LogP contribution in [0.1, 0.15) is 44.5 Å². The van der Waals surface area contributed by atoms with Crippen molar-refractivity contribution in [2.45, 2.75) is 50.8 Å². The third-order valence-corrected chi connectivity index (χ3v) is 5.85. The Labute approximate surface area is 171 Å². The van der Waals surface area contributed by atoms with E-state index in [1.54, 1.807) is 19.0 Å². The number of imidazole rings is 1. The summed E-state index contributed by atoms with van der Waals surface area (Å²) in [4.78, 5) is 29.8. The Morgan fingerprint density at radius 3 is 2.83 bits per heavy atom. The molecule has 2 aliphatic rings. The topological polar surface area (TPSA) is 76.4 Å². The molecule has 3 atom stereocenters. The van der Waals surface area contributed by atoms with Gasteiger partial charge in [0.15, 0.2) is 5.82 Å². The average molecular weight is 399 g/mol. The van der Waals surface area contributed by atoms with Crippen molar-refractivity contribution in [3.05, 3.63) is 30.5 Å². The molecule has 2 saturated heterocycles. The Kier molecular flexibility index (Phi) is 5.65. The molecule has 0 aromatic carbocycles. The summed E-state index contributed by atoms with van der Waals surface area (Å²) in [6.45, 7) is 6.61. The van der Waals surface area contributed by atoms with Crippen LogP contribution in [0.4, 0.5) is 0 Å².